The fraction of sp³-hybridized carbons (Fsp3) is 0.385. The van der Waals surface area contributed by atoms with Gasteiger partial charge in [0.05, 0.1) is 6.04 Å². The molecule has 0 aromatic heterocycles. The van der Waals surface area contributed by atoms with E-state index in [1.165, 1.54) is 0 Å². The fourth-order valence-corrected chi connectivity index (χ4v) is 1.18. The summed E-state index contributed by atoms with van der Waals surface area (Å²) in [7, 11) is 1.93. The summed E-state index contributed by atoms with van der Waals surface area (Å²) in [4.78, 5) is 0. The smallest absolute Gasteiger partial charge is 0.119 e. The Kier molecular flexibility index (Phi) is 5.35. The molecule has 2 heteroatoms. The highest BCUT2D eigenvalue weighted by Gasteiger charge is 2.04. The van der Waals surface area contributed by atoms with Gasteiger partial charge in [-0.15, -0.1) is 11.8 Å². The predicted octanol–water partition coefficient (Wildman–Crippen LogP) is 2.07. The van der Waals surface area contributed by atoms with Crippen molar-refractivity contribution in [3.63, 3.8) is 0 Å². The normalized spacial score (nSPS) is 11.3. The van der Waals surface area contributed by atoms with Crippen molar-refractivity contribution in [2.45, 2.75) is 19.4 Å². The molecule has 1 aromatic carbocycles. The molecule has 1 atom stereocenters. The Morgan fingerprint density at radius 3 is 2.67 bits per heavy atom. The van der Waals surface area contributed by atoms with E-state index in [0.717, 1.165) is 12.2 Å². The lowest BCUT2D eigenvalue weighted by atomic mass is 10.2. The maximum Gasteiger partial charge on any atom is 0.119 e. The molecular formula is C13H17NO. The van der Waals surface area contributed by atoms with Crippen LogP contribution in [0, 0.1) is 11.8 Å². The number of likely N-dealkylation sites (N-methyl/N-ethyl adjacent to an activating group) is 1. The van der Waals surface area contributed by atoms with E-state index in [1.807, 2.05) is 44.3 Å². The van der Waals surface area contributed by atoms with Gasteiger partial charge < -0.3 is 10.1 Å². The first-order valence-electron chi connectivity index (χ1n) is 5.11. The Bertz CT molecular complexity index is 323. The summed E-state index contributed by atoms with van der Waals surface area (Å²) < 4.78 is 5.63. The van der Waals surface area contributed by atoms with Gasteiger partial charge in [-0.25, -0.2) is 0 Å². The highest BCUT2D eigenvalue weighted by Crippen LogP contribution is 2.08. The van der Waals surface area contributed by atoms with Crippen molar-refractivity contribution in [1.82, 2.24) is 5.32 Å². The van der Waals surface area contributed by atoms with Crippen molar-refractivity contribution in [3.05, 3.63) is 30.3 Å². The van der Waals surface area contributed by atoms with Gasteiger partial charge in [-0.3, -0.25) is 0 Å². The number of hydrogen-bond acceptors (Lipinski definition) is 2. The Morgan fingerprint density at radius 2 is 2.07 bits per heavy atom. The zero-order valence-electron chi connectivity index (χ0n) is 9.29. The molecule has 80 valence electrons. The van der Waals surface area contributed by atoms with Crippen LogP contribution in [0.4, 0.5) is 0 Å². The first-order valence-corrected chi connectivity index (χ1v) is 5.11. The molecule has 1 rings (SSSR count). The molecule has 2 nitrogen and oxygen atoms in total. The Hall–Kier alpha value is -1.46. The number of rotatable bonds is 5. The van der Waals surface area contributed by atoms with Gasteiger partial charge in [-0.1, -0.05) is 18.2 Å². The molecule has 0 fully saturated rings. The molecule has 15 heavy (non-hydrogen) atoms. The van der Waals surface area contributed by atoms with Gasteiger partial charge in [0.15, 0.2) is 0 Å². The van der Waals surface area contributed by atoms with E-state index in [0.29, 0.717) is 6.61 Å². The summed E-state index contributed by atoms with van der Waals surface area (Å²) in [5.41, 5.74) is 0. The monoisotopic (exact) mass is 203 g/mol. The summed E-state index contributed by atoms with van der Waals surface area (Å²) in [6.07, 6.45) is 0.819. The number of para-hydroxylation sites is 1. The van der Waals surface area contributed by atoms with Crippen LogP contribution in [0.15, 0.2) is 30.3 Å². The molecule has 1 unspecified atom stereocenters. The third-order valence-electron chi connectivity index (χ3n) is 2.13. The van der Waals surface area contributed by atoms with Crippen molar-refractivity contribution in [2.24, 2.45) is 0 Å². The van der Waals surface area contributed by atoms with Gasteiger partial charge in [0, 0.05) is 6.42 Å². The minimum Gasteiger partial charge on any atom is -0.492 e. The van der Waals surface area contributed by atoms with E-state index in [1.54, 1.807) is 0 Å². The standard InChI is InChI=1S/C13H17NO/c1-3-4-8-12(14-2)11-15-13-9-6-5-7-10-13/h5-7,9-10,12,14H,8,11H2,1-2H3. The molecule has 0 aliphatic rings. The average Bonchev–Trinajstić information content (AvgIpc) is 2.31. The lowest BCUT2D eigenvalue weighted by molar-refractivity contribution is 0.272. The second-order valence-electron chi connectivity index (χ2n) is 3.24. The lowest BCUT2D eigenvalue weighted by Crippen LogP contribution is -2.31. The Balaban J connectivity index is 2.36. The highest BCUT2D eigenvalue weighted by atomic mass is 16.5. The van der Waals surface area contributed by atoms with Crippen LogP contribution in [0.2, 0.25) is 0 Å². The van der Waals surface area contributed by atoms with E-state index in [2.05, 4.69) is 17.2 Å². The summed E-state index contributed by atoms with van der Waals surface area (Å²) in [6, 6.07) is 10.1. The van der Waals surface area contributed by atoms with E-state index in [-0.39, 0.29) is 6.04 Å². The minimum absolute atomic E-state index is 0.289. The van der Waals surface area contributed by atoms with E-state index < -0.39 is 0 Å². The highest BCUT2D eigenvalue weighted by molar-refractivity contribution is 5.21. The van der Waals surface area contributed by atoms with Crippen LogP contribution in [-0.4, -0.2) is 19.7 Å². The molecule has 0 aliphatic heterocycles. The van der Waals surface area contributed by atoms with Crippen LogP contribution < -0.4 is 10.1 Å². The first kappa shape index (κ1) is 11.6. The Labute approximate surface area is 91.6 Å². The van der Waals surface area contributed by atoms with Crippen LogP contribution in [0.5, 0.6) is 5.75 Å². The van der Waals surface area contributed by atoms with E-state index >= 15 is 0 Å². The van der Waals surface area contributed by atoms with Crippen molar-refractivity contribution in [3.8, 4) is 17.6 Å². The van der Waals surface area contributed by atoms with Gasteiger partial charge in [-0.2, -0.15) is 0 Å². The van der Waals surface area contributed by atoms with Gasteiger partial charge in [0.2, 0.25) is 0 Å². The van der Waals surface area contributed by atoms with Crippen LogP contribution in [0.1, 0.15) is 13.3 Å². The third-order valence-corrected chi connectivity index (χ3v) is 2.13. The van der Waals surface area contributed by atoms with Gasteiger partial charge in [0.25, 0.3) is 0 Å². The lowest BCUT2D eigenvalue weighted by Gasteiger charge is -2.14. The molecule has 0 heterocycles. The van der Waals surface area contributed by atoms with Crippen molar-refractivity contribution >= 4 is 0 Å². The molecule has 1 aromatic rings. The topological polar surface area (TPSA) is 21.3 Å². The number of hydrogen-bond donors (Lipinski definition) is 1. The minimum atomic E-state index is 0.289. The fourth-order valence-electron chi connectivity index (χ4n) is 1.18. The molecule has 1 N–H and O–H groups in total. The zero-order valence-corrected chi connectivity index (χ0v) is 9.29. The third kappa shape index (κ3) is 4.53. The van der Waals surface area contributed by atoms with E-state index in [9.17, 15) is 0 Å². The van der Waals surface area contributed by atoms with Crippen LogP contribution in [0.3, 0.4) is 0 Å². The molecular weight excluding hydrogens is 186 g/mol. The Morgan fingerprint density at radius 1 is 1.33 bits per heavy atom. The largest absolute Gasteiger partial charge is 0.492 e. The van der Waals surface area contributed by atoms with Crippen molar-refractivity contribution < 1.29 is 4.74 Å². The maximum atomic E-state index is 5.63. The van der Waals surface area contributed by atoms with Crippen LogP contribution >= 0.6 is 0 Å². The molecule has 0 saturated carbocycles. The van der Waals surface area contributed by atoms with Crippen LogP contribution in [0.25, 0.3) is 0 Å². The van der Waals surface area contributed by atoms with Crippen molar-refractivity contribution in [1.29, 1.82) is 0 Å². The second kappa shape index (κ2) is 6.92. The summed E-state index contributed by atoms with van der Waals surface area (Å²) >= 11 is 0. The zero-order chi connectivity index (χ0) is 10.9. The predicted molar refractivity (Wildman–Crippen MR) is 62.9 cm³/mol. The number of nitrogens with one attached hydrogen (secondary N) is 1. The number of benzene rings is 1. The molecule has 0 saturated heterocycles. The summed E-state index contributed by atoms with van der Waals surface area (Å²) in [6.45, 7) is 2.50. The average molecular weight is 203 g/mol. The van der Waals surface area contributed by atoms with Gasteiger partial charge >= 0.3 is 0 Å². The van der Waals surface area contributed by atoms with Crippen LogP contribution in [-0.2, 0) is 0 Å². The van der Waals surface area contributed by atoms with Crippen molar-refractivity contribution in [2.75, 3.05) is 13.7 Å². The SMILES string of the molecule is CC#CCC(COc1ccccc1)NC. The summed E-state index contributed by atoms with van der Waals surface area (Å²) in [5.74, 6) is 6.83. The molecule has 0 spiro atoms. The van der Waals surface area contributed by atoms with Gasteiger partial charge in [0.1, 0.15) is 12.4 Å². The summed E-state index contributed by atoms with van der Waals surface area (Å²) in [5, 5.41) is 3.18. The molecule has 0 aliphatic carbocycles. The number of ether oxygens (including phenoxy) is 1. The van der Waals surface area contributed by atoms with Gasteiger partial charge in [-0.05, 0) is 26.1 Å². The second-order valence-corrected chi connectivity index (χ2v) is 3.24. The maximum absolute atomic E-state index is 5.63. The molecule has 0 bridgehead atoms. The quantitative estimate of drug-likeness (QED) is 0.740. The first-order chi connectivity index (χ1) is 7.36. The molecule has 0 radical (unpaired) electrons. The molecule has 0 amide bonds. The van der Waals surface area contributed by atoms with E-state index in [4.69, 9.17) is 4.74 Å².